The molecule has 0 heterocycles. The van der Waals surface area contributed by atoms with Crippen LogP contribution in [0.5, 0.6) is 0 Å². The van der Waals surface area contributed by atoms with E-state index < -0.39 is 27.5 Å². The topological polar surface area (TPSA) is 66.4 Å². The lowest BCUT2D eigenvalue weighted by atomic mass is 10.3. The van der Waals surface area contributed by atoms with Crippen LogP contribution in [0.2, 0.25) is 5.02 Å². The van der Waals surface area contributed by atoms with Gasteiger partial charge in [-0.15, -0.1) is 0 Å². The molecule has 2 N–H and O–H groups in total. The van der Waals surface area contributed by atoms with Crippen molar-refractivity contribution in [1.82, 2.24) is 5.32 Å². The number of aliphatic hydroxyl groups excluding tert-OH is 1. The molecule has 0 bridgehead atoms. The van der Waals surface area contributed by atoms with Crippen molar-refractivity contribution in [3.8, 4) is 0 Å². The van der Waals surface area contributed by atoms with Gasteiger partial charge < -0.3 is 10.4 Å². The van der Waals surface area contributed by atoms with Gasteiger partial charge in [0.25, 0.3) is 0 Å². The first-order chi connectivity index (χ1) is 8.36. The summed E-state index contributed by atoms with van der Waals surface area (Å²) in [5.41, 5.74) is 0. The van der Waals surface area contributed by atoms with Gasteiger partial charge in [-0.2, -0.15) is 0 Å². The third kappa shape index (κ3) is 4.20. The summed E-state index contributed by atoms with van der Waals surface area (Å²) in [4.78, 5) is -0.0931. The number of sulfone groups is 1. The van der Waals surface area contributed by atoms with Gasteiger partial charge in [0.05, 0.1) is 21.8 Å². The van der Waals surface area contributed by atoms with Gasteiger partial charge in [0, 0.05) is 6.54 Å². The first kappa shape index (κ1) is 15.4. The number of aliphatic hydroxyl groups is 1. The highest BCUT2D eigenvalue weighted by Gasteiger charge is 2.20. The van der Waals surface area contributed by atoms with E-state index in [1.54, 1.807) is 0 Å². The van der Waals surface area contributed by atoms with Crippen molar-refractivity contribution in [3.63, 3.8) is 0 Å². The van der Waals surface area contributed by atoms with E-state index in [0.717, 1.165) is 18.2 Å². The van der Waals surface area contributed by atoms with Gasteiger partial charge in [0.15, 0.2) is 9.84 Å². The fraction of sp³-hybridized carbons (Fsp3) is 0.455. The highest BCUT2D eigenvalue weighted by molar-refractivity contribution is 7.91. The maximum atomic E-state index is 12.9. The molecule has 0 amide bonds. The van der Waals surface area contributed by atoms with E-state index in [1.807, 2.05) is 6.92 Å². The zero-order valence-electron chi connectivity index (χ0n) is 9.86. The smallest absolute Gasteiger partial charge is 0.181 e. The molecule has 7 heteroatoms. The van der Waals surface area contributed by atoms with Gasteiger partial charge >= 0.3 is 0 Å². The van der Waals surface area contributed by atoms with E-state index in [-0.39, 0.29) is 16.5 Å². The number of rotatable bonds is 6. The standard InChI is InChI=1S/C11H15ClFNO3S/c1-2-14-6-8(15)7-18(16,17)9-3-4-11(13)10(12)5-9/h3-5,8,14-15H,2,6-7H2,1H3. The summed E-state index contributed by atoms with van der Waals surface area (Å²) in [6.45, 7) is 2.67. The molecule has 4 nitrogen and oxygen atoms in total. The van der Waals surface area contributed by atoms with Crippen LogP contribution in [0.4, 0.5) is 4.39 Å². The van der Waals surface area contributed by atoms with Crippen LogP contribution in [0.25, 0.3) is 0 Å². The maximum absolute atomic E-state index is 12.9. The molecule has 1 aromatic carbocycles. The summed E-state index contributed by atoms with van der Waals surface area (Å²) in [6, 6.07) is 3.18. The molecule has 0 fully saturated rings. The Morgan fingerprint density at radius 3 is 2.72 bits per heavy atom. The molecule has 18 heavy (non-hydrogen) atoms. The van der Waals surface area contributed by atoms with Crippen molar-refractivity contribution in [1.29, 1.82) is 0 Å². The van der Waals surface area contributed by atoms with Crippen molar-refractivity contribution < 1.29 is 17.9 Å². The summed E-state index contributed by atoms with van der Waals surface area (Å²) in [6.07, 6.45) is -1.02. The number of likely N-dealkylation sites (N-methyl/N-ethyl adjacent to an activating group) is 1. The zero-order valence-corrected chi connectivity index (χ0v) is 11.4. The molecule has 0 aliphatic rings. The van der Waals surface area contributed by atoms with Crippen LogP contribution in [-0.4, -0.2) is 38.5 Å². The van der Waals surface area contributed by atoms with Gasteiger partial charge in [-0.1, -0.05) is 18.5 Å². The molecule has 0 saturated carbocycles. The van der Waals surface area contributed by atoms with Crippen molar-refractivity contribution in [2.24, 2.45) is 0 Å². The summed E-state index contributed by atoms with van der Waals surface area (Å²) in [5.74, 6) is -1.11. The lowest BCUT2D eigenvalue weighted by Gasteiger charge is -2.11. The second kappa shape index (κ2) is 6.47. The average molecular weight is 296 g/mol. The maximum Gasteiger partial charge on any atom is 0.181 e. The van der Waals surface area contributed by atoms with Crippen LogP contribution >= 0.6 is 11.6 Å². The predicted octanol–water partition coefficient (Wildman–Crippen LogP) is 1.22. The number of benzene rings is 1. The molecule has 1 unspecified atom stereocenters. The SMILES string of the molecule is CCNCC(O)CS(=O)(=O)c1ccc(F)c(Cl)c1. The minimum atomic E-state index is -3.67. The Morgan fingerprint density at radius 1 is 1.50 bits per heavy atom. The quantitative estimate of drug-likeness (QED) is 0.775. The fourth-order valence-electron chi connectivity index (χ4n) is 1.39. The van der Waals surface area contributed by atoms with Crippen molar-refractivity contribution >= 4 is 21.4 Å². The summed E-state index contributed by atoms with van der Waals surface area (Å²) in [5, 5.41) is 12.1. The third-order valence-corrected chi connectivity index (χ3v) is 4.38. The first-order valence-corrected chi connectivity index (χ1v) is 7.46. The number of hydrogen-bond acceptors (Lipinski definition) is 4. The van der Waals surface area contributed by atoms with Gasteiger partial charge in [-0.05, 0) is 24.7 Å². The average Bonchev–Trinajstić information content (AvgIpc) is 2.29. The molecular formula is C11H15ClFNO3S. The first-order valence-electron chi connectivity index (χ1n) is 5.43. The highest BCUT2D eigenvalue weighted by Crippen LogP contribution is 2.20. The van der Waals surface area contributed by atoms with Crippen LogP contribution in [-0.2, 0) is 9.84 Å². The highest BCUT2D eigenvalue weighted by atomic mass is 35.5. The van der Waals surface area contributed by atoms with Crippen LogP contribution in [0.3, 0.4) is 0 Å². The van der Waals surface area contributed by atoms with Gasteiger partial charge in [0.1, 0.15) is 5.82 Å². The van der Waals surface area contributed by atoms with Crippen molar-refractivity contribution in [3.05, 3.63) is 29.0 Å². The molecule has 0 radical (unpaired) electrons. The molecule has 0 aromatic heterocycles. The molecule has 1 atom stereocenters. The van der Waals surface area contributed by atoms with E-state index in [2.05, 4.69) is 5.32 Å². The Hall–Kier alpha value is -0.690. The lowest BCUT2D eigenvalue weighted by Crippen LogP contribution is -2.32. The van der Waals surface area contributed by atoms with E-state index >= 15 is 0 Å². The van der Waals surface area contributed by atoms with E-state index in [9.17, 15) is 17.9 Å². The van der Waals surface area contributed by atoms with Crippen molar-refractivity contribution in [2.45, 2.75) is 17.9 Å². The summed E-state index contributed by atoms with van der Waals surface area (Å²) in [7, 11) is -3.67. The monoisotopic (exact) mass is 295 g/mol. The molecule has 0 saturated heterocycles. The second-order valence-corrected chi connectivity index (χ2v) is 6.26. The van der Waals surface area contributed by atoms with E-state index in [1.165, 1.54) is 0 Å². The Labute approximate surface area is 111 Å². The summed E-state index contributed by atoms with van der Waals surface area (Å²) < 4.78 is 36.7. The fourth-order valence-corrected chi connectivity index (χ4v) is 3.02. The van der Waals surface area contributed by atoms with Crippen LogP contribution < -0.4 is 5.32 Å². The normalized spacial score (nSPS) is 13.6. The van der Waals surface area contributed by atoms with Gasteiger partial charge in [-0.25, -0.2) is 12.8 Å². The Kier molecular flexibility index (Phi) is 5.52. The lowest BCUT2D eigenvalue weighted by molar-refractivity contribution is 0.194. The van der Waals surface area contributed by atoms with E-state index in [0.29, 0.717) is 6.54 Å². The van der Waals surface area contributed by atoms with Crippen LogP contribution in [0.15, 0.2) is 23.1 Å². The minimum absolute atomic E-state index is 0.0931. The molecule has 1 rings (SSSR count). The van der Waals surface area contributed by atoms with Crippen LogP contribution in [0.1, 0.15) is 6.92 Å². The number of nitrogens with one attached hydrogen (secondary N) is 1. The predicted molar refractivity (Wildman–Crippen MR) is 68.0 cm³/mol. The van der Waals surface area contributed by atoms with Gasteiger partial charge in [-0.3, -0.25) is 0 Å². The zero-order chi connectivity index (χ0) is 13.8. The number of halogens is 2. The Morgan fingerprint density at radius 2 is 2.17 bits per heavy atom. The molecule has 0 aliphatic carbocycles. The number of hydrogen-bond donors (Lipinski definition) is 2. The largest absolute Gasteiger partial charge is 0.391 e. The third-order valence-electron chi connectivity index (χ3n) is 2.29. The Bertz CT molecular complexity index is 507. The van der Waals surface area contributed by atoms with Crippen molar-refractivity contribution in [2.75, 3.05) is 18.8 Å². The molecule has 1 aromatic rings. The molecule has 0 spiro atoms. The van der Waals surface area contributed by atoms with Crippen LogP contribution in [0, 0.1) is 5.82 Å². The molecule has 0 aliphatic heterocycles. The summed E-state index contributed by atoms with van der Waals surface area (Å²) >= 11 is 5.53. The Balaban J connectivity index is 2.83. The van der Waals surface area contributed by atoms with Gasteiger partial charge in [0.2, 0.25) is 0 Å². The minimum Gasteiger partial charge on any atom is -0.391 e. The molecular weight excluding hydrogens is 281 g/mol. The second-order valence-electron chi connectivity index (χ2n) is 3.82. The molecule has 102 valence electrons. The van der Waals surface area contributed by atoms with E-state index in [4.69, 9.17) is 11.6 Å².